The Morgan fingerprint density at radius 2 is 2.12 bits per heavy atom. The molecule has 2 aromatic rings. The second-order valence-electron chi connectivity index (χ2n) is 4.13. The molecule has 0 atom stereocenters. The van der Waals surface area contributed by atoms with Crippen LogP contribution < -0.4 is 0 Å². The van der Waals surface area contributed by atoms with E-state index in [9.17, 15) is 4.39 Å². The molecule has 84 valence electrons. The second-order valence-corrected chi connectivity index (χ2v) is 4.40. The molecule has 16 heavy (non-hydrogen) atoms. The Morgan fingerprint density at radius 3 is 2.75 bits per heavy atom. The zero-order chi connectivity index (χ0) is 11.7. The quantitative estimate of drug-likeness (QED) is 0.712. The highest BCUT2D eigenvalue weighted by Gasteiger charge is 2.10. The van der Waals surface area contributed by atoms with Crippen molar-refractivity contribution in [2.75, 3.05) is 0 Å². The summed E-state index contributed by atoms with van der Waals surface area (Å²) in [4.78, 5) is 4.35. The van der Waals surface area contributed by atoms with Crippen LogP contribution in [-0.2, 0) is 5.88 Å². The molecule has 0 aliphatic carbocycles. The average Bonchev–Trinajstić information content (AvgIpc) is 2.28. The van der Waals surface area contributed by atoms with Crippen LogP contribution in [0.25, 0.3) is 10.9 Å². The summed E-state index contributed by atoms with van der Waals surface area (Å²) in [6, 6.07) is 6.93. The topological polar surface area (TPSA) is 12.9 Å². The molecule has 0 saturated carbocycles. The van der Waals surface area contributed by atoms with Crippen molar-refractivity contribution in [1.29, 1.82) is 0 Å². The zero-order valence-corrected chi connectivity index (χ0v) is 10.1. The van der Waals surface area contributed by atoms with E-state index in [-0.39, 0.29) is 11.7 Å². The number of benzene rings is 1. The first-order chi connectivity index (χ1) is 7.63. The summed E-state index contributed by atoms with van der Waals surface area (Å²) < 4.78 is 13.6. The summed E-state index contributed by atoms with van der Waals surface area (Å²) in [6.45, 7) is 4.07. The number of aromatic nitrogens is 1. The van der Waals surface area contributed by atoms with Crippen LogP contribution in [-0.4, -0.2) is 4.98 Å². The van der Waals surface area contributed by atoms with Gasteiger partial charge in [-0.15, -0.1) is 11.6 Å². The summed E-state index contributed by atoms with van der Waals surface area (Å²) in [5, 5.41) is 0.805. The van der Waals surface area contributed by atoms with Gasteiger partial charge in [0.1, 0.15) is 11.3 Å². The molecule has 2 rings (SSSR count). The van der Waals surface area contributed by atoms with Crippen molar-refractivity contribution in [3.05, 3.63) is 41.3 Å². The fourth-order valence-electron chi connectivity index (χ4n) is 1.71. The maximum Gasteiger partial charge on any atom is 0.149 e. The van der Waals surface area contributed by atoms with Gasteiger partial charge in [-0.3, -0.25) is 0 Å². The Hall–Kier alpha value is -1.15. The van der Waals surface area contributed by atoms with E-state index < -0.39 is 0 Å². The fraction of sp³-hybridized carbons (Fsp3) is 0.308. The summed E-state index contributed by atoms with van der Waals surface area (Å²) in [7, 11) is 0. The number of pyridine rings is 1. The third-order valence-electron chi connectivity index (χ3n) is 2.63. The largest absolute Gasteiger partial charge is 0.249 e. The fourth-order valence-corrected chi connectivity index (χ4v) is 1.93. The smallest absolute Gasteiger partial charge is 0.149 e. The number of halogens is 2. The van der Waals surface area contributed by atoms with Crippen molar-refractivity contribution in [2.24, 2.45) is 0 Å². The van der Waals surface area contributed by atoms with Crippen molar-refractivity contribution in [3.63, 3.8) is 0 Å². The first kappa shape index (κ1) is 11.3. The minimum absolute atomic E-state index is 0.269. The van der Waals surface area contributed by atoms with E-state index in [1.165, 1.54) is 6.07 Å². The third-order valence-corrected chi connectivity index (χ3v) is 2.92. The van der Waals surface area contributed by atoms with Gasteiger partial charge < -0.3 is 0 Å². The van der Waals surface area contributed by atoms with Crippen LogP contribution in [0.1, 0.15) is 31.0 Å². The zero-order valence-electron chi connectivity index (χ0n) is 9.30. The molecule has 3 heteroatoms. The van der Waals surface area contributed by atoms with Gasteiger partial charge in [-0.25, -0.2) is 9.37 Å². The van der Waals surface area contributed by atoms with Crippen LogP contribution in [0.4, 0.5) is 4.39 Å². The summed E-state index contributed by atoms with van der Waals surface area (Å²) >= 11 is 5.88. The first-order valence-electron chi connectivity index (χ1n) is 5.27. The molecule has 0 unspecified atom stereocenters. The minimum atomic E-state index is -0.286. The van der Waals surface area contributed by atoms with Crippen molar-refractivity contribution < 1.29 is 4.39 Å². The summed E-state index contributed by atoms with van der Waals surface area (Å²) in [5.74, 6) is 0.361. The predicted molar refractivity (Wildman–Crippen MR) is 65.3 cm³/mol. The lowest BCUT2D eigenvalue weighted by molar-refractivity contribution is 0.635. The molecule has 1 heterocycles. The molecule has 1 aromatic carbocycles. The van der Waals surface area contributed by atoms with Crippen LogP contribution in [0.3, 0.4) is 0 Å². The Labute approximate surface area is 99.3 Å². The van der Waals surface area contributed by atoms with E-state index in [1.807, 2.05) is 26.0 Å². The van der Waals surface area contributed by atoms with Gasteiger partial charge in [-0.2, -0.15) is 0 Å². The standard InChI is InChI=1S/C13H13ClFN/c1-8(2)12-6-9(7-14)10-4-3-5-11(15)13(10)16-12/h3-6,8H,7H2,1-2H3. The van der Waals surface area contributed by atoms with E-state index in [2.05, 4.69) is 4.98 Å². The first-order valence-corrected chi connectivity index (χ1v) is 5.81. The van der Waals surface area contributed by atoms with Gasteiger partial charge in [-0.1, -0.05) is 26.0 Å². The number of hydrogen-bond acceptors (Lipinski definition) is 1. The maximum atomic E-state index is 13.6. The Morgan fingerprint density at radius 1 is 1.38 bits per heavy atom. The number of fused-ring (bicyclic) bond motifs is 1. The van der Waals surface area contributed by atoms with Crippen molar-refractivity contribution >= 4 is 22.5 Å². The van der Waals surface area contributed by atoms with Crippen molar-refractivity contribution in [1.82, 2.24) is 4.98 Å². The van der Waals surface area contributed by atoms with Crippen LogP contribution in [0.15, 0.2) is 24.3 Å². The highest BCUT2D eigenvalue weighted by Crippen LogP contribution is 2.25. The van der Waals surface area contributed by atoms with E-state index >= 15 is 0 Å². The van der Waals surface area contributed by atoms with E-state index in [1.54, 1.807) is 6.07 Å². The number of hydrogen-bond donors (Lipinski definition) is 0. The lowest BCUT2D eigenvalue weighted by atomic mass is 10.0. The molecule has 0 amide bonds. The molecule has 0 bridgehead atoms. The lowest BCUT2D eigenvalue weighted by Crippen LogP contribution is -1.97. The maximum absolute atomic E-state index is 13.6. The molecule has 0 aliphatic heterocycles. The van der Waals surface area contributed by atoms with E-state index in [4.69, 9.17) is 11.6 Å². The molecule has 1 nitrogen and oxygen atoms in total. The Bertz CT molecular complexity index is 523. The number of alkyl halides is 1. The molecule has 0 fully saturated rings. The highest BCUT2D eigenvalue weighted by molar-refractivity contribution is 6.18. The van der Waals surface area contributed by atoms with E-state index in [0.29, 0.717) is 11.4 Å². The minimum Gasteiger partial charge on any atom is -0.249 e. The van der Waals surface area contributed by atoms with Gasteiger partial charge in [0.15, 0.2) is 0 Å². The highest BCUT2D eigenvalue weighted by atomic mass is 35.5. The Kier molecular flexibility index (Phi) is 3.10. The predicted octanol–water partition coefficient (Wildman–Crippen LogP) is 4.24. The molecule has 0 spiro atoms. The molecule has 0 radical (unpaired) electrons. The number of nitrogens with zero attached hydrogens (tertiary/aromatic N) is 1. The third kappa shape index (κ3) is 1.90. The van der Waals surface area contributed by atoms with Crippen molar-refractivity contribution in [2.45, 2.75) is 25.6 Å². The summed E-state index contributed by atoms with van der Waals surface area (Å²) in [5.41, 5.74) is 2.24. The number of para-hydroxylation sites is 1. The van der Waals surface area contributed by atoms with E-state index in [0.717, 1.165) is 16.6 Å². The molecule has 1 aromatic heterocycles. The van der Waals surface area contributed by atoms with Crippen LogP contribution in [0.5, 0.6) is 0 Å². The SMILES string of the molecule is CC(C)c1cc(CCl)c2cccc(F)c2n1. The average molecular weight is 238 g/mol. The normalized spacial score (nSPS) is 11.3. The lowest BCUT2D eigenvalue weighted by Gasteiger charge is -2.10. The molecular weight excluding hydrogens is 225 g/mol. The monoisotopic (exact) mass is 237 g/mol. The van der Waals surface area contributed by atoms with Gasteiger partial charge in [0.2, 0.25) is 0 Å². The molecule has 0 saturated heterocycles. The molecular formula is C13H13ClFN. The molecule has 0 aliphatic rings. The van der Waals surface area contributed by atoms with Gasteiger partial charge in [0.25, 0.3) is 0 Å². The molecule has 0 N–H and O–H groups in total. The van der Waals surface area contributed by atoms with Crippen molar-refractivity contribution in [3.8, 4) is 0 Å². The van der Waals surface area contributed by atoms with Crippen LogP contribution >= 0.6 is 11.6 Å². The van der Waals surface area contributed by atoms with Gasteiger partial charge >= 0.3 is 0 Å². The van der Waals surface area contributed by atoms with Gasteiger partial charge in [-0.05, 0) is 23.6 Å². The van der Waals surface area contributed by atoms with Crippen LogP contribution in [0, 0.1) is 5.82 Å². The second kappa shape index (κ2) is 4.38. The summed E-state index contributed by atoms with van der Waals surface area (Å²) in [6.07, 6.45) is 0. The van der Waals surface area contributed by atoms with Crippen LogP contribution in [0.2, 0.25) is 0 Å². The van der Waals surface area contributed by atoms with Gasteiger partial charge in [0.05, 0.1) is 0 Å². The Balaban J connectivity index is 2.79. The number of rotatable bonds is 2. The van der Waals surface area contributed by atoms with Gasteiger partial charge in [0, 0.05) is 17.0 Å².